The van der Waals surface area contributed by atoms with Crippen LogP contribution in [0.2, 0.25) is 0 Å². The van der Waals surface area contributed by atoms with Gasteiger partial charge in [-0.3, -0.25) is 9.79 Å². The number of halogens is 3. The first-order chi connectivity index (χ1) is 15.2. The average molecular weight is 448 g/mol. The maximum absolute atomic E-state index is 13.0. The number of aryl methyl sites for hydroxylation is 1. The molecule has 0 amide bonds. The van der Waals surface area contributed by atoms with E-state index < -0.39 is 12.8 Å². The van der Waals surface area contributed by atoms with E-state index in [0.29, 0.717) is 12.1 Å². The summed E-state index contributed by atoms with van der Waals surface area (Å²) in [6, 6.07) is 1.63. The molecule has 1 fully saturated rings. The molecular formula is C24H28F3N3O2. The number of hydrogen-bond acceptors (Lipinski definition) is 5. The Bertz CT molecular complexity index is 975. The van der Waals surface area contributed by atoms with Gasteiger partial charge in [-0.15, -0.1) is 0 Å². The molecule has 2 aliphatic rings. The Balaban J connectivity index is 1.88. The van der Waals surface area contributed by atoms with Gasteiger partial charge in [0.1, 0.15) is 0 Å². The van der Waals surface area contributed by atoms with Crippen molar-refractivity contribution in [3.8, 4) is 5.88 Å². The molecule has 0 radical (unpaired) electrons. The number of hydrogen-bond donors (Lipinski definition) is 0. The van der Waals surface area contributed by atoms with E-state index in [1.54, 1.807) is 19.2 Å². The van der Waals surface area contributed by atoms with Gasteiger partial charge in [0.05, 0.1) is 6.04 Å². The van der Waals surface area contributed by atoms with Crippen LogP contribution in [-0.2, 0) is 4.79 Å². The smallest absolute Gasteiger partial charge is 0.422 e. The second-order valence-electron chi connectivity index (χ2n) is 8.13. The van der Waals surface area contributed by atoms with Gasteiger partial charge in [0.2, 0.25) is 5.88 Å². The molecule has 1 atom stereocenters. The van der Waals surface area contributed by atoms with Crippen LogP contribution in [0.1, 0.15) is 50.3 Å². The van der Waals surface area contributed by atoms with E-state index in [1.165, 1.54) is 6.20 Å². The van der Waals surface area contributed by atoms with Gasteiger partial charge >= 0.3 is 6.18 Å². The van der Waals surface area contributed by atoms with Gasteiger partial charge in [-0.1, -0.05) is 13.0 Å². The number of ketones is 1. The third kappa shape index (κ3) is 5.47. The zero-order valence-corrected chi connectivity index (χ0v) is 18.6. The van der Waals surface area contributed by atoms with E-state index in [1.807, 2.05) is 19.9 Å². The lowest BCUT2D eigenvalue weighted by Crippen LogP contribution is -2.25. The van der Waals surface area contributed by atoms with E-state index in [9.17, 15) is 18.0 Å². The molecule has 1 aliphatic heterocycles. The molecule has 32 heavy (non-hydrogen) atoms. The minimum Gasteiger partial charge on any atom is -0.468 e. The van der Waals surface area contributed by atoms with Gasteiger partial charge < -0.3 is 9.64 Å². The molecule has 1 aliphatic carbocycles. The molecule has 3 rings (SSSR count). The molecule has 0 N–H and O–H groups in total. The summed E-state index contributed by atoms with van der Waals surface area (Å²) in [6.45, 7) is 8.27. The van der Waals surface area contributed by atoms with Crippen molar-refractivity contribution in [3.05, 3.63) is 58.6 Å². The number of rotatable bonds is 9. The van der Waals surface area contributed by atoms with E-state index >= 15 is 0 Å². The number of allylic oxidation sites excluding steroid dienone is 2. The molecule has 172 valence electrons. The molecule has 8 heteroatoms. The van der Waals surface area contributed by atoms with E-state index in [0.717, 1.165) is 41.7 Å². The third-order valence-corrected chi connectivity index (χ3v) is 5.60. The molecule has 0 bridgehead atoms. The molecule has 5 nitrogen and oxygen atoms in total. The Morgan fingerprint density at radius 1 is 1.44 bits per heavy atom. The van der Waals surface area contributed by atoms with Crippen molar-refractivity contribution >= 4 is 12.5 Å². The van der Waals surface area contributed by atoms with Crippen LogP contribution in [0.3, 0.4) is 0 Å². The Morgan fingerprint density at radius 2 is 2.16 bits per heavy atom. The largest absolute Gasteiger partial charge is 0.468 e. The Labute approximate surface area is 186 Å². The summed E-state index contributed by atoms with van der Waals surface area (Å²) in [5.41, 5.74) is 3.93. The topological polar surface area (TPSA) is 54.8 Å². The second-order valence-corrected chi connectivity index (χ2v) is 8.13. The highest BCUT2D eigenvalue weighted by atomic mass is 19.4. The van der Waals surface area contributed by atoms with Crippen molar-refractivity contribution in [2.75, 3.05) is 13.2 Å². The Morgan fingerprint density at radius 3 is 2.72 bits per heavy atom. The van der Waals surface area contributed by atoms with Gasteiger partial charge in [-0.25, -0.2) is 4.98 Å². The summed E-state index contributed by atoms with van der Waals surface area (Å²) in [7, 11) is 0. The van der Waals surface area contributed by atoms with E-state index in [4.69, 9.17) is 4.74 Å². The summed E-state index contributed by atoms with van der Waals surface area (Å²) in [4.78, 5) is 23.0. The second kappa shape index (κ2) is 9.71. The summed E-state index contributed by atoms with van der Waals surface area (Å²) in [6.07, 6.45) is 5.23. The molecule has 0 spiro atoms. The summed E-state index contributed by atoms with van der Waals surface area (Å²) < 4.78 is 42.2. The highest BCUT2D eigenvalue weighted by Crippen LogP contribution is 2.41. The van der Waals surface area contributed by atoms with Crippen molar-refractivity contribution in [3.63, 3.8) is 0 Å². The zero-order valence-electron chi connectivity index (χ0n) is 18.6. The van der Waals surface area contributed by atoms with Gasteiger partial charge in [-0.05, 0) is 57.5 Å². The van der Waals surface area contributed by atoms with E-state index in [-0.39, 0.29) is 23.6 Å². The fourth-order valence-corrected chi connectivity index (χ4v) is 3.83. The van der Waals surface area contributed by atoms with Gasteiger partial charge in [-0.2, -0.15) is 13.2 Å². The molecule has 2 heterocycles. The van der Waals surface area contributed by atoms with Gasteiger partial charge in [0.15, 0.2) is 12.4 Å². The summed E-state index contributed by atoms with van der Waals surface area (Å²) in [5, 5.41) is 0. The van der Waals surface area contributed by atoms with Crippen LogP contribution in [0.5, 0.6) is 5.88 Å². The molecule has 0 saturated heterocycles. The van der Waals surface area contributed by atoms with Crippen LogP contribution in [0.15, 0.2) is 52.5 Å². The van der Waals surface area contributed by atoms with E-state index in [2.05, 4.69) is 27.7 Å². The zero-order chi connectivity index (χ0) is 23.5. The third-order valence-electron chi connectivity index (χ3n) is 5.60. The number of carbonyl (C=O) groups excluding carboxylic acids is 1. The number of Topliss-reactive ketones (excluding diaryl/α,β-unsaturated/α-hetero) is 1. The highest BCUT2D eigenvalue weighted by Gasteiger charge is 2.38. The first kappa shape index (κ1) is 23.8. The van der Waals surface area contributed by atoms with Crippen molar-refractivity contribution in [1.29, 1.82) is 0 Å². The number of nitrogens with zero attached hydrogens (tertiary/aromatic N) is 3. The van der Waals surface area contributed by atoms with Crippen molar-refractivity contribution in [1.82, 2.24) is 9.88 Å². The predicted octanol–water partition coefficient (Wildman–Crippen LogP) is 5.49. The molecular weight excluding hydrogens is 419 g/mol. The monoisotopic (exact) mass is 447 g/mol. The molecule has 0 aromatic carbocycles. The van der Waals surface area contributed by atoms with Gasteiger partial charge in [0.25, 0.3) is 0 Å². The Hall–Kier alpha value is -2.90. The van der Waals surface area contributed by atoms with Crippen LogP contribution in [-0.4, -0.2) is 41.7 Å². The van der Waals surface area contributed by atoms with Crippen LogP contribution >= 0.6 is 0 Å². The maximum atomic E-state index is 13.0. The van der Waals surface area contributed by atoms with Crippen LogP contribution < -0.4 is 4.74 Å². The SMILES string of the molecule is C=N/C=C\C1=C(C(=O)C2CC2)CN(C(C)c2cnc(OCC(F)(F)F)c(C)c2)/C1=C\CC. The summed E-state index contributed by atoms with van der Waals surface area (Å²) in [5.74, 6) is 0.236. The van der Waals surface area contributed by atoms with Crippen molar-refractivity contribution in [2.45, 2.75) is 52.3 Å². The number of pyridine rings is 1. The average Bonchev–Trinajstić information content (AvgIpc) is 3.53. The first-order valence-corrected chi connectivity index (χ1v) is 10.7. The van der Waals surface area contributed by atoms with Crippen LogP contribution in [0.25, 0.3) is 0 Å². The maximum Gasteiger partial charge on any atom is 0.422 e. The predicted molar refractivity (Wildman–Crippen MR) is 117 cm³/mol. The van der Waals surface area contributed by atoms with Crippen LogP contribution in [0.4, 0.5) is 13.2 Å². The fourth-order valence-electron chi connectivity index (χ4n) is 3.83. The lowest BCUT2D eigenvalue weighted by atomic mass is 10.0. The van der Waals surface area contributed by atoms with Crippen molar-refractivity contribution in [2.24, 2.45) is 10.9 Å². The number of ether oxygens (including phenoxy) is 1. The minimum absolute atomic E-state index is 0.0348. The number of aromatic nitrogens is 1. The molecule has 1 saturated carbocycles. The van der Waals surface area contributed by atoms with Crippen molar-refractivity contribution < 1.29 is 22.7 Å². The standard InChI is InChI=1S/C24H28F3N3O2/c1-5-6-21-19(9-10-28-4)20(22(31)17-7-8-17)13-30(21)16(3)18-11-15(2)23(29-12-18)32-14-24(25,26)27/h6,9-12,16-17H,4-5,7-8,13-14H2,1-3H3/b10-9-,21-6-. The Kier molecular flexibility index (Phi) is 7.21. The molecule has 1 aromatic rings. The number of alkyl halides is 3. The normalized spacial score (nSPS) is 19.2. The molecule has 1 aromatic heterocycles. The summed E-state index contributed by atoms with van der Waals surface area (Å²) >= 11 is 0. The molecule has 1 unspecified atom stereocenters. The lowest BCUT2D eigenvalue weighted by Gasteiger charge is -2.29. The highest BCUT2D eigenvalue weighted by molar-refractivity contribution is 6.01. The van der Waals surface area contributed by atoms with Crippen LogP contribution in [0, 0.1) is 12.8 Å². The number of carbonyl (C=O) groups is 1. The first-order valence-electron chi connectivity index (χ1n) is 10.7. The van der Waals surface area contributed by atoms with Gasteiger partial charge in [0, 0.05) is 47.3 Å². The quantitative estimate of drug-likeness (QED) is 0.470. The fraction of sp³-hybridized carbons (Fsp3) is 0.458. The number of aliphatic imine (C=N–C) groups is 1. The lowest BCUT2D eigenvalue weighted by molar-refractivity contribution is -0.154. The minimum atomic E-state index is -4.42.